The minimum Gasteiger partial charge on any atom is -0.378 e. The molecule has 1 amide bonds. The second-order valence-corrected chi connectivity index (χ2v) is 8.13. The Balaban J connectivity index is 1.67. The van der Waals surface area contributed by atoms with E-state index in [-0.39, 0.29) is 17.5 Å². The zero-order valence-electron chi connectivity index (χ0n) is 16.3. The maximum Gasteiger partial charge on any atom is 0.236 e. The Morgan fingerprint density at radius 1 is 1.00 bits per heavy atom. The third-order valence-corrected chi connectivity index (χ3v) is 5.80. The number of hydrogen-bond donors (Lipinski definition) is 0. The van der Waals surface area contributed by atoms with Crippen LogP contribution >= 0.6 is 11.8 Å². The fraction of sp³-hybridized carbons (Fsp3) is 0.286. The summed E-state index contributed by atoms with van der Waals surface area (Å²) in [6.07, 6.45) is 0. The van der Waals surface area contributed by atoms with Gasteiger partial charge >= 0.3 is 0 Å². The van der Waals surface area contributed by atoms with Gasteiger partial charge < -0.3 is 9.64 Å². The Morgan fingerprint density at radius 2 is 1.60 bits per heavy atom. The minimum atomic E-state index is -0.396. The third-order valence-electron chi connectivity index (χ3n) is 4.77. The summed E-state index contributed by atoms with van der Waals surface area (Å²) in [6, 6.07) is 11.8. The lowest BCUT2D eigenvalue weighted by Gasteiger charge is -2.28. The maximum atomic E-state index is 13.5. The summed E-state index contributed by atoms with van der Waals surface area (Å²) in [5, 5.41) is 8.64. The fourth-order valence-electron chi connectivity index (χ4n) is 3.20. The molecule has 0 aliphatic carbocycles. The highest BCUT2D eigenvalue weighted by Crippen LogP contribution is 2.31. The molecule has 3 aromatic rings. The molecular formula is C21H20F2N4O2S. The Morgan fingerprint density at radius 3 is 2.23 bits per heavy atom. The Labute approximate surface area is 176 Å². The highest BCUT2D eigenvalue weighted by molar-refractivity contribution is 8.00. The van der Waals surface area contributed by atoms with E-state index in [1.54, 1.807) is 33.7 Å². The summed E-state index contributed by atoms with van der Waals surface area (Å²) in [5.74, 6) is -0.235. The highest BCUT2D eigenvalue weighted by Gasteiger charge is 2.26. The van der Waals surface area contributed by atoms with Crippen LogP contribution in [0.3, 0.4) is 0 Å². The van der Waals surface area contributed by atoms with Crippen molar-refractivity contribution in [3.05, 3.63) is 60.2 Å². The summed E-state index contributed by atoms with van der Waals surface area (Å²) in [4.78, 5) is 14.6. The van der Waals surface area contributed by atoms with Crippen LogP contribution in [0.15, 0.2) is 53.7 Å². The molecule has 2 aromatic carbocycles. The predicted octanol–water partition coefficient (Wildman–Crippen LogP) is 3.55. The molecule has 1 fully saturated rings. The van der Waals surface area contributed by atoms with Gasteiger partial charge in [0, 0.05) is 24.3 Å². The van der Waals surface area contributed by atoms with Crippen LogP contribution in [0.4, 0.5) is 8.78 Å². The molecule has 1 atom stereocenters. The van der Waals surface area contributed by atoms with E-state index in [0.717, 1.165) is 0 Å². The Hall–Kier alpha value is -2.78. The van der Waals surface area contributed by atoms with E-state index in [1.165, 1.54) is 36.0 Å². The molecule has 2 heterocycles. The molecule has 1 unspecified atom stereocenters. The van der Waals surface area contributed by atoms with Crippen molar-refractivity contribution in [2.24, 2.45) is 0 Å². The number of hydrogen-bond acceptors (Lipinski definition) is 5. The summed E-state index contributed by atoms with van der Waals surface area (Å²) in [6.45, 7) is 4.02. The standard InChI is InChI=1S/C21H20F2N4O2S/c1-14(20(28)26-10-12-29-13-11-26)30-21-25-24-19(15-2-4-16(22)5-3-15)27(21)18-8-6-17(23)7-9-18/h2-9,14H,10-13H2,1H3. The van der Waals surface area contributed by atoms with E-state index >= 15 is 0 Å². The van der Waals surface area contributed by atoms with Gasteiger partial charge in [-0.3, -0.25) is 9.36 Å². The number of morpholine rings is 1. The van der Waals surface area contributed by atoms with Crippen LogP contribution in [-0.4, -0.2) is 57.1 Å². The van der Waals surface area contributed by atoms with Gasteiger partial charge in [0.2, 0.25) is 5.91 Å². The van der Waals surface area contributed by atoms with Crippen LogP contribution in [0, 0.1) is 11.6 Å². The number of thioether (sulfide) groups is 1. The van der Waals surface area contributed by atoms with Crippen molar-refractivity contribution >= 4 is 17.7 Å². The lowest BCUT2D eigenvalue weighted by molar-refractivity contribution is -0.134. The number of rotatable bonds is 5. The topological polar surface area (TPSA) is 60.2 Å². The van der Waals surface area contributed by atoms with Crippen molar-refractivity contribution in [2.75, 3.05) is 26.3 Å². The molecule has 0 N–H and O–H groups in total. The first-order valence-electron chi connectivity index (χ1n) is 9.53. The summed E-state index contributed by atoms with van der Waals surface area (Å²) < 4.78 is 33.9. The van der Waals surface area contributed by atoms with Crippen LogP contribution in [0.1, 0.15) is 6.92 Å². The number of aromatic nitrogens is 3. The average molecular weight is 430 g/mol. The number of carbonyl (C=O) groups excluding carboxylic acids is 1. The second-order valence-electron chi connectivity index (χ2n) is 6.82. The van der Waals surface area contributed by atoms with Crippen molar-refractivity contribution in [3.8, 4) is 17.1 Å². The molecule has 4 rings (SSSR count). The van der Waals surface area contributed by atoms with Crippen molar-refractivity contribution in [1.29, 1.82) is 0 Å². The number of benzene rings is 2. The van der Waals surface area contributed by atoms with Crippen molar-refractivity contribution in [1.82, 2.24) is 19.7 Å². The van der Waals surface area contributed by atoms with Gasteiger partial charge in [-0.2, -0.15) is 0 Å². The summed E-state index contributed by atoms with van der Waals surface area (Å²) >= 11 is 1.28. The molecular weight excluding hydrogens is 410 g/mol. The normalized spacial score (nSPS) is 15.2. The van der Waals surface area contributed by atoms with Crippen molar-refractivity contribution < 1.29 is 18.3 Å². The predicted molar refractivity (Wildman–Crippen MR) is 109 cm³/mol. The zero-order valence-corrected chi connectivity index (χ0v) is 17.1. The van der Waals surface area contributed by atoms with Crippen molar-refractivity contribution in [3.63, 3.8) is 0 Å². The van der Waals surface area contributed by atoms with Gasteiger partial charge in [0.1, 0.15) is 11.6 Å². The van der Waals surface area contributed by atoms with Crippen LogP contribution < -0.4 is 0 Å². The molecule has 9 heteroatoms. The molecule has 1 aliphatic heterocycles. The molecule has 0 bridgehead atoms. The smallest absolute Gasteiger partial charge is 0.236 e. The molecule has 30 heavy (non-hydrogen) atoms. The summed E-state index contributed by atoms with van der Waals surface area (Å²) in [7, 11) is 0. The van der Waals surface area contributed by atoms with E-state index in [2.05, 4.69) is 10.2 Å². The number of carbonyl (C=O) groups is 1. The first kappa shape index (κ1) is 20.5. The molecule has 0 saturated carbocycles. The third kappa shape index (κ3) is 4.36. The molecule has 1 aromatic heterocycles. The summed E-state index contributed by atoms with van der Waals surface area (Å²) in [5.41, 5.74) is 1.31. The first-order chi connectivity index (χ1) is 14.5. The van der Waals surface area contributed by atoms with Crippen LogP contribution in [0.25, 0.3) is 17.1 Å². The van der Waals surface area contributed by atoms with Gasteiger partial charge in [0.15, 0.2) is 11.0 Å². The molecule has 1 saturated heterocycles. The molecule has 0 radical (unpaired) electrons. The van der Waals surface area contributed by atoms with Crippen molar-refractivity contribution in [2.45, 2.75) is 17.3 Å². The van der Waals surface area contributed by atoms with E-state index in [4.69, 9.17) is 4.74 Å². The molecule has 0 spiro atoms. The Kier molecular flexibility index (Phi) is 6.10. The highest BCUT2D eigenvalue weighted by atomic mass is 32.2. The fourth-order valence-corrected chi connectivity index (χ4v) is 4.16. The zero-order chi connectivity index (χ0) is 21.1. The van der Waals surface area contributed by atoms with E-state index in [9.17, 15) is 13.6 Å². The number of nitrogens with zero attached hydrogens (tertiary/aromatic N) is 4. The lowest BCUT2D eigenvalue weighted by atomic mass is 10.2. The SMILES string of the molecule is CC(Sc1nnc(-c2ccc(F)cc2)n1-c1ccc(F)cc1)C(=O)N1CCOCC1. The first-order valence-corrected chi connectivity index (χ1v) is 10.4. The average Bonchev–Trinajstić information content (AvgIpc) is 3.18. The van der Waals surface area contributed by atoms with E-state index in [1.807, 2.05) is 6.92 Å². The maximum absolute atomic E-state index is 13.5. The monoisotopic (exact) mass is 430 g/mol. The number of halogens is 2. The van der Waals surface area contributed by atoms with Crippen LogP contribution in [0.5, 0.6) is 0 Å². The van der Waals surface area contributed by atoms with Crippen LogP contribution in [-0.2, 0) is 9.53 Å². The van der Waals surface area contributed by atoms with E-state index < -0.39 is 5.25 Å². The largest absolute Gasteiger partial charge is 0.378 e. The van der Waals surface area contributed by atoms with E-state index in [0.29, 0.717) is 48.5 Å². The van der Waals surface area contributed by atoms with Gasteiger partial charge in [-0.1, -0.05) is 11.8 Å². The number of amides is 1. The van der Waals surface area contributed by atoms with Gasteiger partial charge in [-0.25, -0.2) is 8.78 Å². The molecule has 156 valence electrons. The van der Waals surface area contributed by atoms with Gasteiger partial charge in [-0.15, -0.1) is 10.2 Å². The second kappa shape index (κ2) is 8.93. The van der Waals surface area contributed by atoms with Gasteiger partial charge in [0.25, 0.3) is 0 Å². The van der Waals surface area contributed by atoms with Gasteiger partial charge in [0.05, 0.1) is 18.5 Å². The Bertz CT molecular complexity index is 1020. The lowest BCUT2D eigenvalue weighted by Crippen LogP contribution is -2.44. The molecule has 1 aliphatic rings. The quantitative estimate of drug-likeness (QED) is 0.580. The van der Waals surface area contributed by atoms with Gasteiger partial charge in [-0.05, 0) is 55.5 Å². The minimum absolute atomic E-state index is 0.000267. The van der Waals surface area contributed by atoms with Crippen LogP contribution in [0.2, 0.25) is 0 Å². The molecule has 6 nitrogen and oxygen atoms in total. The number of ether oxygens (including phenoxy) is 1.